The minimum absolute atomic E-state index is 0.00933. The number of carbonyl (C=O) groups excluding carboxylic acids is 2. The summed E-state index contributed by atoms with van der Waals surface area (Å²) in [6, 6.07) is 13.6. The van der Waals surface area contributed by atoms with Gasteiger partial charge in [-0.3, -0.25) is 14.6 Å². The van der Waals surface area contributed by atoms with Crippen LogP contribution in [0.5, 0.6) is 0 Å². The summed E-state index contributed by atoms with van der Waals surface area (Å²) >= 11 is 0. The number of amides is 1. The summed E-state index contributed by atoms with van der Waals surface area (Å²) in [6.45, 7) is 1.69. The number of Topliss-reactive ketones (excluding diaryl/α,β-unsaturated/α-hetero) is 1. The van der Waals surface area contributed by atoms with E-state index in [9.17, 15) is 14.7 Å². The molecule has 2 saturated carbocycles. The first-order valence-electron chi connectivity index (χ1n) is 11.0. The van der Waals surface area contributed by atoms with Gasteiger partial charge in [0.15, 0.2) is 5.78 Å². The van der Waals surface area contributed by atoms with Gasteiger partial charge in [0.25, 0.3) is 5.91 Å². The molecule has 2 aliphatic carbocycles. The second kappa shape index (κ2) is 8.68. The highest BCUT2D eigenvalue weighted by Crippen LogP contribution is 2.44. The van der Waals surface area contributed by atoms with Crippen LogP contribution in [0.25, 0.3) is 0 Å². The maximum Gasteiger partial charge on any atom is 0.254 e. The van der Waals surface area contributed by atoms with Crippen molar-refractivity contribution in [3.8, 4) is 0 Å². The van der Waals surface area contributed by atoms with Crippen molar-refractivity contribution in [1.82, 2.24) is 9.88 Å². The van der Waals surface area contributed by atoms with Gasteiger partial charge in [-0.1, -0.05) is 18.2 Å². The Morgan fingerprint density at radius 3 is 2.17 bits per heavy atom. The second-order valence-electron chi connectivity index (χ2n) is 8.78. The van der Waals surface area contributed by atoms with Crippen molar-refractivity contribution in [2.45, 2.75) is 69.4 Å². The highest BCUT2D eigenvalue weighted by atomic mass is 16.3. The quantitative estimate of drug-likeness (QED) is 0.701. The van der Waals surface area contributed by atoms with Gasteiger partial charge < -0.3 is 10.0 Å². The van der Waals surface area contributed by atoms with Gasteiger partial charge in [0.1, 0.15) is 0 Å². The first kappa shape index (κ1) is 20.7. The third-order valence-electron chi connectivity index (χ3n) is 6.82. The molecule has 5 nitrogen and oxygen atoms in total. The van der Waals surface area contributed by atoms with Gasteiger partial charge in [0.2, 0.25) is 0 Å². The van der Waals surface area contributed by atoms with Crippen molar-refractivity contribution in [2.75, 3.05) is 6.61 Å². The molecule has 0 spiro atoms. The molecular weight excluding hydrogens is 376 g/mol. The van der Waals surface area contributed by atoms with Crippen LogP contribution in [0.1, 0.15) is 78.3 Å². The predicted molar refractivity (Wildman–Crippen MR) is 116 cm³/mol. The van der Waals surface area contributed by atoms with Crippen LogP contribution in [0.3, 0.4) is 0 Å². The number of hydrogen-bond acceptors (Lipinski definition) is 4. The largest absolute Gasteiger partial charge is 0.396 e. The number of pyridine rings is 1. The molecule has 0 unspecified atom stereocenters. The Hall–Kier alpha value is -2.53. The van der Waals surface area contributed by atoms with E-state index < -0.39 is 0 Å². The van der Waals surface area contributed by atoms with Crippen LogP contribution in [-0.2, 0) is 5.41 Å². The fraction of sp³-hybridized carbons (Fsp3) is 0.480. The fourth-order valence-electron chi connectivity index (χ4n) is 4.94. The Kier molecular flexibility index (Phi) is 6.00. The minimum Gasteiger partial charge on any atom is -0.396 e. The maximum absolute atomic E-state index is 13.4. The molecule has 1 N–H and O–H groups in total. The smallest absolute Gasteiger partial charge is 0.254 e. The monoisotopic (exact) mass is 406 g/mol. The molecule has 1 amide bonds. The number of nitrogens with zero attached hydrogens (tertiary/aromatic N) is 2. The lowest BCUT2D eigenvalue weighted by Crippen LogP contribution is -2.47. The van der Waals surface area contributed by atoms with Crippen molar-refractivity contribution in [1.29, 1.82) is 0 Å². The lowest BCUT2D eigenvalue weighted by atomic mass is 9.68. The number of aliphatic hydroxyl groups is 1. The molecule has 2 fully saturated rings. The van der Waals surface area contributed by atoms with Crippen molar-refractivity contribution >= 4 is 11.7 Å². The van der Waals surface area contributed by atoms with E-state index in [1.807, 2.05) is 18.3 Å². The van der Waals surface area contributed by atoms with Crippen LogP contribution < -0.4 is 0 Å². The first-order valence-corrected chi connectivity index (χ1v) is 11.0. The molecule has 5 heteroatoms. The van der Waals surface area contributed by atoms with E-state index in [4.69, 9.17) is 0 Å². The van der Waals surface area contributed by atoms with Crippen LogP contribution in [0, 0.1) is 0 Å². The molecule has 1 aromatic heterocycles. The number of carbonyl (C=O) groups is 2. The van der Waals surface area contributed by atoms with E-state index in [1.165, 1.54) is 6.92 Å². The van der Waals surface area contributed by atoms with E-state index in [0.717, 1.165) is 44.2 Å². The molecule has 0 bridgehead atoms. The van der Waals surface area contributed by atoms with Gasteiger partial charge >= 0.3 is 0 Å². The van der Waals surface area contributed by atoms with Crippen LogP contribution in [-0.4, -0.2) is 45.4 Å². The highest BCUT2D eigenvalue weighted by Gasteiger charge is 2.43. The number of rotatable bonds is 7. The zero-order valence-corrected chi connectivity index (χ0v) is 17.6. The predicted octanol–water partition coefficient (Wildman–Crippen LogP) is 4.15. The fourth-order valence-corrected chi connectivity index (χ4v) is 4.94. The summed E-state index contributed by atoms with van der Waals surface area (Å²) in [5, 5.41) is 9.70. The molecule has 1 heterocycles. The molecule has 0 atom stereocenters. The van der Waals surface area contributed by atoms with Gasteiger partial charge in [0.05, 0.1) is 0 Å². The lowest BCUT2D eigenvalue weighted by Gasteiger charge is -2.43. The Morgan fingerprint density at radius 1 is 1.00 bits per heavy atom. The van der Waals surface area contributed by atoms with Crippen LogP contribution in [0.4, 0.5) is 0 Å². The van der Waals surface area contributed by atoms with Crippen molar-refractivity contribution in [2.24, 2.45) is 0 Å². The molecule has 158 valence electrons. The Balaban J connectivity index is 1.51. The van der Waals surface area contributed by atoms with E-state index in [0.29, 0.717) is 23.6 Å². The van der Waals surface area contributed by atoms with E-state index in [1.54, 1.807) is 24.3 Å². The van der Waals surface area contributed by atoms with Gasteiger partial charge in [0, 0.05) is 47.1 Å². The summed E-state index contributed by atoms with van der Waals surface area (Å²) in [5.74, 6) is 0.0835. The van der Waals surface area contributed by atoms with Gasteiger partial charge in [-0.2, -0.15) is 0 Å². The first-order chi connectivity index (χ1) is 14.5. The van der Waals surface area contributed by atoms with Gasteiger partial charge in [-0.15, -0.1) is 0 Å². The molecular formula is C25H30N2O3. The Bertz CT molecular complexity index is 882. The summed E-state index contributed by atoms with van der Waals surface area (Å²) in [5.41, 5.74) is 2.24. The molecule has 4 rings (SSSR count). The number of aromatic nitrogens is 1. The molecule has 2 aliphatic rings. The molecule has 0 saturated heterocycles. The summed E-state index contributed by atoms with van der Waals surface area (Å²) < 4.78 is 0. The summed E-state index contributed by atoms with van der Waals surface area (Å²) in [7, 11) is 0. The summed E-state index contributed by atoms with van der Waals surface area (Å²) in [6.07, 6.45) is 8.36. The standard InChI is InChI=1S/C25H30N2O3/c1-18(29)19-5-7-20(8-6-19)24(30)27(21-9-10-21)22-11-13-25(14-12-22,15-17-28)23-4-2-3-16-26-23/h2-8,16,21-22,28H,9-15,17H2,1H3/t22-,25-. The third kappa shape index (κ3) is 4.17. The van der Waals surface area contributed by atoms with Crippen LogP contribution in [0.2, 0.25) is 0 Å². The molecule has 2 aromatic rings. The zero-order valence-electron chi connectivity index (χ0n) is 17.6. The SMILES string of the molecule is CC(=O)c1ccc(C(=O)N(C2CC2)[C@H]2CC[C@](CCO)(c3ccccn3)CC2)cc1. The molecule has 30 heavy (non-hydrogen) atoms. The van der Waals surface area contributed by atoms with Crippen molar-refractivity contribution in [3.05, 3.63) is 65.5 Å². The normalized spacial score (nSPS) is 23.7. The Morgan fingerprint density at radius 2 is 1.63 bits per heavy atom. The number of hydrogen-bond donors (Lipinski definition) is 1. The second-order valence-corrected chi connectivity index (χ2v) is 8.78. The van der Waals surface area contributed by atoms with Gasteiger partial charge in [-0.05, 0) is 76.1 Å². The molecule has 0 aliphatic heterocycles. The Labute approximate surface area is 178 Å². The van der Waals surface area contributed by atoms with Gasteiger partial charge in [-0.25, -0.2) is 0 Å². The lowest BCUT2D eigenvalue weighted by molar-refractivity contribution is 0.0548. The third-order valence-corrected chi connectivity index (χ3v) is 6.82. The topological polar surface area (TPSA) is 70.5 Å². The van der Waals surface area contributed by atoms with Crippen molar-refractivity contribution in [3.63, 3.8) is 0 Å². The average Bonchev–Trinajstić information content (AvgIpc) is 3.61. The minimum atomic E-state index is -0.103. The molecule has 1 aromatic carbocycles. The number of benzene rings is 1. The van der Waals surface area contributed by atoms with Crippen molar-refractivity contribution < 1.29 is 14.7 Å². The summed E-state index contributed by atoms with van der Waals surface area (Å²) in [4.78, 5) is 31.6. The highest BCUT2D eigenvalue weighted by molar-refractivity contribution is 5.98. The zero-order chi connectivity index (χ0) is 21.1. The van der Waals surface area contributed by atoms with E-state index in [-0.39, 0.29) is 29.8 Å². The van der Waals surface area contributed by atoms with Crippen LogP contribution >= 0.6 is 0 Å². The van der Waals surface area contributed by atoms with E-state index in [2.05, 4.69) is 16.0 Å². The average molecular weight is 407 g/mol. The maximum atomic E-state index is 13.4. The number of ketones is 1. The van der Waals surface area contributed by atoms with E-state index >= 15 is 0 Å². The van der Waals surface area contributed by atoms with Crippen LogP contribution in [0.15, 0.2) is 48.7 Å². The molecule has 0 radical (unpaired) electrons. The number of aliphatic hydroxyl groups excluding tert-OH is 1.